The molecule has 84 valence electrons. The number of hydrogen-bond acceptors (Lipinski definition) is 2. The number of halogens is 2. The lowest BCUT2D eigenvalue weighted by atomic mass is 9.99. The molecule has 0 aromatic heterocycles. The van der Waals surface area contributed by atoms with E-state index in [0.717, 1.165) is 5.56 Å². The molecular weight excluding hydrogens is 200 g/mol. The highest BCUT2D eigenvalue weighted by atomic mass is 19.3. The van der Waals surface area contributed by atoms with Crippen molar-refractivity contribution in [3.8, 4) is 5.75 Å². The lowest BCUT2D eigenvalue weighted by molar-refractivity contribution is 0.00304. The number of nitrogens with two attached hydrogens (primary N) is 1. The van der Waals surface area contributed by atoms with Gasteiger partial charge in [-0.3, -0.25) is 0 Å². The Morgan fingerprint density at radius 1 is 1.33 bits per heavy atom. The van der Waals surface area contributed by atoms with Gasteiger partial charge >= 0.3 is 0 Å². The molecule has 0 radical (unpaired) electrons. The van der Waals surface area contributed by atoms with Gasteiger partial charge in [0.15, 0.2) is 0 Å². The first-order chi connectivity index (χ1) is 6.92. The second-order valence-electron chi connectivity index (χ2n) is 3.57. The van der Waals surface area contributed by atoms with Crippen LogP contribution in [0.5, 0.6) is 5.75 Å². The van der Waals surface area contributed by atoms with Crippen molar-refractivity contribution in [2.75, 3.05) is 13.7 Å². The molecule has 4 heteroatoms. The van der Waals surface area contributed by atoms with Gasteiger partial charge in [-0.15, -0.1) is 0 Å². The van der Waals surface area contributed by atoms with Gasteiger partial charge in [-0.1, -0.05) is 6.07 Å². The van der Waals surface area contributed by atoms with E-state index in [0.29, 0.717) is 5.56 Å². The molecule has 0 aliphatic rings. The second-order valence-corrected chi connectivity index (χ2v) is 3.57. The van der Waals surface area contributed by atoms with E-state index in [2.05, 4.69) is 0 Å². The Balaban J connectivity index is 3.39. The van der Waals surface area contributed by atoms with Crippen LogP contribution in [0.1, 0.15) is 16.7 Å². The van der Waals surface area contributed by atoms with Gasteiger partial charge < -0.3 is 10.5 Å². The number of rotatable bonds is 3. The quantitative estimate of drug-likeness (QED) is 0.840. The van der Waals surface area contributed by atoms with E-state index >= 15 is 0 Å². The summed E-state index contributed by atoms with van der Waals surface area (Å²) < 4.78 is 32.0. The Labute approximate surface area is 88.0 Å². The molecule has 0 fully saturated rings. The summed E-state index contributed by atoms with van der Waals surface area (Å²) in [4.78, 5) is 0. The van der Waals surface area contributed by atoms with Crippen LogP contribution in [0, 0.1) is 13.8 Å². The van der Waals surface area contributed by atoms with Crippen LogP contribution in [0.25, 0.3) is 0 Å². The Hall–Kier alpha value is -1.16. The number of aryl methyl sites for hydroxylation is 2. The van der Waals surface area contributed by atoms with Gasteiger partial charge in [0.05, 0.1) is 19.2 Å². The second kappa shape index (κ2) is 4.14. The molecular formula is C11H15F2NO. The van der Waals surface area contributed by atoms with E-state index < -0.39 is 12.5 Å². The minimum absolute atomic E-state index is 0.113. The lowest BCUT2D eigenvalue weighted by Gasteiger charge is -2.20. The molecule has 0 saturated heterocycles. The van der Waals surface area contributed by atoms with Crippen molar-refractivity contribution in [3.05, 3.63) is 28.8 Å². The molecule has 2 N–H and O–H groups in total. The van der Waals surface area contributed by atoms with E-state index in [1.807, 2.05) is 6.92 Å². The van der Waals surface area contributed by atoms with Crippen LogP contribution in [0.3, 0.4) is 0 Å². The summed E-state index contributed by atoms with van der Waals surface area (Å²) in [5.41, 5.74) is 6.34. The fourth-order valence-electron chi connectivity index (χ4n) is 1.66. The van der Waals surface area contributed by atoms with E-state index in [-0.39, 0.29) is 11.3 Å². The highest BCUT2D eigenvalue weighted by Crippen LogP contribution is 2.37. The Morgan fingerprint density at radius 2 is 1.93 bits per heavy atom. The van der Waals surface area contributed by atoms with Gasteiger partial charge in [-0.2, -0.15) is 8.78 Å². The Bertz CT molecular complexity index is 364. The molecule has 0 unspecified atom stereocenters. The average Bonchev–Trinajstić information content (AvgIpc) is 2.15. The molecule has 0 amide bonds. The number of alkyl halides is 2. The van der Waals surface area contributed by atoms with Crippen LogP contribution in [0.15, 0.2) is 12.1 Å². The van der Waals surface area contributed by atoms with Crippen molar-refractivity contribution >= 4 is 0 Å². The summed E-state index contributed by atoms with van der Waals surface area (Å²) in [6.07, 6.45) is 0. The largest absolute Gasteiger partial charge is 0.496 e. The maximum absolute atomic E-state index is 13.5. The standard InChI is InChI=1S/C11H15F2NO/c1-7-4-8(2)10(9(5-7)15-3)11(12,13)6-14/h4-5H,6,14H2,1-3H3. The average molecular weight is 215 g/mol. The van der Waals surface area contributed by atoms with Crippen molar-refractivity contribution in [2.24, 2.45) is 5.73 Å². The molecule has 1 aromatic carbocycles. The topological polar surface area (TPSA) is 35.2 Å². The first-order valence-electron chi connectivity index (χ1n) is 4.66. The SMILES string of the molecule is COc1cc(C)cc(C)c1C(F)(F)CN. The zero-order chi connectivity index (χ0) is 11.6. The third kappa shape index (κ3) is 2.26. The first-order valence-corrected chi connectivity index (χ1v) is 4.66. The molecule has 1 aromatic rings. The Kier molecular flexibility index (Phi) is 3.29. The van der Waals surface area contributed by atoms with Crippen LogP contribution in [-0.4, -0.2) is 13.7 Å². The van der Waals surface area contributed by atoms with E-state index in [1.54, 1.807) is 19.1 Å². The van der Waals surface area contributed by atoms with Crippen molar-refractivity contribution < 1.29 is 13.5 Å². The molecule has 0 bridgehead atoms. The molecule has 0 aliphatic carbocycles. The van der Waals surface area contributed by atoms with E-state index in [1.165, 1.54) is 7.11 Å². The molecule has 0 spiro atoms. The minimum Gasteiger partial charge on any atom is -0.496 e. The van der Waals surface area contributed by atoms with Crippen LogP contribution >= 0.6 is 0 Å². The maximum Gasteiger partial charge on any atom is 0.289 e. The number of hydrogen-bond donors (Lipinski definition) is 1. The van der Waals surface area contributed by atoms with Gasteiger partial charge in [-0.25, -0.2) is 0 Å². The third-order valence-corrected chi connectivity index (χ3v) is 2.29. The molecule has 0 aliphatic heterocycles. The summed E-state index contributed by atoms with van der Waals surface area (Å²) in [6.45, 7) is 2.75. The van der Waals surface area contributed by atoms with Crippen molar-refractivity contribution in [2.45, 2.75) is 19.8 Å². The zero-order valence-electron chi connectivity index (χ0n) is 9.10. The van der Waals surface area contributed by atoms with Crippen LogP contribution in [0.2, 0.25) is 0 Å². The predicted molar refractivity (Wildman–Crippen MR) is 55.4 cm³/mol. The number of ether oxygens (including phenoxy) is 1. The molecule has 0 atom stereocenters. The third-order valence-electron chi connectivity index (χ3n) is 2.29. The van der Waals surface area contributed by atoms with Gasteiger partial charge in [0.25, 0.3) is 5.92 Å². The van der Waals surface area contributed by atoms with Crippen molar-refractivity contribution in [1.82, 2.24) is 0 Å². The number of benzene rings is 1. The summed E-state index contributed by atoms with van der Waals surface area (Å²) >= 11 is 0. The molecule has 2 nitrogen and oxygen atoms in total. The van der Waals surface area contributed by atoms with Crippen LogP contribution in [-0.2, 0) is 5.92 Å². The molecule has 1 rings (SSSR count). The van der Waals surface area contributed by atoms with Gasteiger partial charge in [0.1, 0.15) is 5.75 Å². The van der Waals surface area contributed by atoms with E-state index in [9.17, 15) is 8.78 Å². The summed E-state index contributed by atoms with van der Waals surface area (Å²) in [5, 5.41) is 0. The normalized spacial score (nSPS) is 11.6. The first kappa shape index (κ1) is 11.9. The molecule has 0 saturated carbocycles. The predicted octanol–water partition coefficient (Wildman–Crippen LogP) is 2.36. The maximum atomic E-state index is 13.5. The van der Waals surface area contributed by atoms with Crippen molar-refractivity contribution in [1.29, 1.82) is 0 Å². The fourth-order valence-corrected chi connectivity index (χ4v) is 1.66. The van der Waals surface area contributed by atoms with Gasteiger partial charge in [-0.05, 0) is 31.0 Å². The van der Waals surface area contributed by atoms with Gasteiger partial charge in [0.2, 0.25) is 0 Å². The summed E-state index contributed by atoms with van der Waals surface area (Å²) in [6, 6.07) is 3.29. The summed E-state index contributed by atoms with van der Waals surface area (Å²) in [7, 11) is 1.38. The monoisotopic (exact) mass is 215 g/mol. The molecule has 15 heavy (non-hydrogen) atoms. The number of methoxy groups -OCH3 is 1. The highest BCUT2D eigenvalue weighted by molar-refractivity contribution is 5.45. The van der Waals surface area contributed by atoms with Crippen LogP contribution < -0.4 is 10.5 Å². The van der Waals surface area contributed by atoms with Crippen LogP contribution in [0.4, 0.5) is 8.78 Å². The minimum atomic E-state index is -3.04. The summed E-state index contributed by atoms with van der Waals surface area (Å²) in [5.74, 6) is -2.84. The lowest BCUT2D eigenvalue weighted by Crippen LogP contribution is -2.26. The van der Waals surface area contributed by atoms with Crippen molar-refractivity contribution in [3.63, 3.8) is 0 Å². The fraction of sp³-hybridized carbons (Fsp3) is 0.455. The Morgan fingerprint density at radius 3 is 2.40 bits per heavy atom. The molecule has 0 heterocycles. The van der Waals surface area contributed by atoms with E-state index in [4.69, 9.17) is 10.5 Å². The zero-order valence-corrected chi connectivity index (χ0v) is 9.10. The highest BCUT2D eigenvalue weighted by Gasteiger charge is 2.34. The smallest absolute Gasteiger partial charge is 0.289 e. The van der Waals surface area contributed by atoms with Gasteiger partial charge in [0, 0.05) is 0 Å².